The minimum Gasteiger partial charge on any atom is -0.393 e. The number of halogens is 1. The first-order chi connectivity index (χ1) is 9.11. The predicted octanol–water partition coefficient (Wildman–Crippen LogP) is 2.43. The average molecular weight is 283 g/mol. The van der Waals surface area contributed by atoms with Crippen LogP contribution >= 0.6 is 11.6 Å². The first kappa shape index (κ1) is 14.8. The highest BCUT2D eigenvalue weighted by Crippen LogP contribution is 2.28. The molecule has 4 heteroatoms. The van der Waals surface area contributed by atoms with Crippen molar-refractivity contribution in [1.82, 2.24) is 4.90 Å². The molecule has 0 bridgehead atoms. The monoisotopic (exact) mass is 282 g/mol. The summed E-state index contributed by atoms with van der Waals surface area (Å²) in [6.07, 6.45) is 1.87. The van der Waals surface area contributed by atoms with Gasteiger partial charge in [0.2, 0.25) is 0 Å². The van der Waals surface area contributed by atoms with E-state index >= 15 is 0 Å². The number of rotatable bonds is 4. The van der Waals surface area contributed by atoms with Crippen molar-refractivity contribution in [3.63, 3.8) is 0 Å². The van der Waals surface area contributed by atoms with Gasteiger partial charge in [0.15, 0.2) is 0 Å². The van der Waals surface area contributed by atoms with Gasteiger partial charge in [0.25, 0.3) is 0 Å². The molecule has 1 fully saturated rings. The van der Waals surface area contributed by atoms with Crippen molar-refractivity contribution < 1.29 is 5.11 Å². The van der Waals surface area contributed by atoms with Gasteiger partial charge < -0.3 is 10.8 Å². The lowest BCUT2D eigenvalue weighted by molar-refractivity contribution is 0.0569. The fourth-order valence-corrected chi connectivity index (χ4v) is 3.12. The molecule has 2 unspecified atom stereocenters. The van der Waals surface area contributed by atoms with Gasteiger partial charge in [0.1, 0.15) is 0 Å². The summed E-state index contributed by atoms with van der Waals surface area (Å²) >= 11 is 6.06. The molecule has 1 aliphatic rings. The normalized spacial score (nSPS) is 21.3. The van der Waals surface area contributed by atoms with Crippen LogP contribution in [0.15, 0.2) is 24.3 Å². The molecule has 0 amide bonds. The molecule has 3 nitrogen and oxygen atoms in total. The Hall–Kier alpha value is -0.610. The lowest BCUT2D eigenvalue weighted by atomic mass is 9.90. The van der Waals surface area contributed by atoms with Gasteiger partial charge >= 0.3 is 0 Å². The summed E-state index contributed by atoms with van der Waals surface area (Å²) in [4.78, 5) is 2.41. The number of nitrogens with zero attached hydrogens (tertiary/aromatic N) is 1. The zero-order chi connectivity index (χ0) is 13.8. The van der Waals surface area contributed by atoms with E-state index in [-0.39, 0.29) is 12.1 Å². The number of piperidine rings is 1. The Labute approximate surface area is 120 Å². The molecule has 1 heterocycles. The molecule has 0 radical (unpaired) electrons. The predicted molar refractivity (Wildman–Crippen MR) is 79.2 cm³/mol. The summed E-state index contributed by atoms with van der Waals surface area (Å²) in [5.74, 6) is 0.425. The van der Waals surface area contributed by atoms with Crippen LogP contribution in [0.4, 0.5) is 0 Å². The Balaban J connectivity index is 2.03. The molecule has 0 spiro atoms. The Bertz CT molecular complexity index is 403. The second kappa shape index (κ2) is 6.71. The highest BCUT2D eigenvalue weighted by Gasteiger charge is 2.27. The first-order valence-electron chi connectivity index (χ1n) is 6.99. The molecule has 106 valence electrons. The van der Waals surface area contributed by atoms with E-state index in [4.69, 9.17) is 17.3 Å². The summed E-state index contributed by atoms with van der Waals surface area (Å²) < 4.78 is 0. The van der Waals surface area contributed by atoms with E-state index in [0.717, 1.165) is 31.0 Å². The number of hydrogen-bond donors (Lipinski definition) is 2. The maximum atomic E-state index is 9.65. The standard InChI is InChI=1S/C15H23ClN2O/c1-11(19)12-5-7-18(8-6-12)15(10-17)13-3-2-4-14(16)9-13/h2-4,9,11-12,15,19H,5-8,10,17H2,1H3. The number of likely N-dealkylation sites (tertiary alicyclic amines) is 1. The molecule has 1 saturated heterocycles. The van der Waals surface area contributed by atoms with Crippen LogP contribution in [0, 0.1) is 5.92 Å². The van der Waals surface area contributed by atoms with Crippen molar-refractivity contribution in [2.45, 2.75) is 31.9 Å². The van der Waals surface area contributed by atoms with Crippen LogP contribution in [-0.2, 0) is 0 Å². The zero-order valence-corrected chi connectivity index (χ0v) is 12.2. The van der Waals surface area contributed by atoms with Gasteiger partial charge in [0.05, 0.1) is 6.10 Å². The molecular weight excluding hydrogens is 260 g/mol. The van der Waals surface area contributed by atoms with E-state index in [0.29, 0.717) is 12.5 Å². The fraction of sp³-hybridized carbons (Fsp3) is 0.600. The third kappa shape index (κ3) is 3.69. The van der Waals surface area contributed by atoms with Crippen molar-refractivity contribution in [2.75, 3.05) is 19.6 Å². The second-order valence-corrected chi connectivity index (χ2v) is 5.86. The van der Waals surface area contributed by atoms with Gasteiger partial charge in [-0.2, -0.15) is 0 Å². The molecular formula is C15H23ClN2O. The van der Waals surface area contributed by atoms with Crippen molar-refractivity contribution in [3.05, 3.63) is 34.9 Å². The van der Waals surface area contributed by atoms with Gasteiger partial charge in [-0.25, -0.2) is 0 Å². The fourth-order valence-electron chi connectivity index (χ4n) is 2.92. The molecule has 1 aliphatic heterocycles. The van der Waals surface area contributed by atoms with E-state index in [1.54, 1.807) is 0 Å². The van der Waals surface area contributed by atoms with Gasteiger partial charge in [-0.3, -0.25) is 4.90 Å². The van der Waals surface area contributed by atoms with E-state index in [1.165, 1.54) is 5.56 Å². The van der Waals surface area contributed by atoms with Crippen molar-refractivity contribution >= 4 is 11.6 Å². The smallest absolute Gasteiger partial charge is 0.0541 e. The molecule has 19 heavy (non-hydrogen) atoms. The average Bonchev–Trinajstić information content (AvgIpc) is 2.40. The molecule has 0 aromatic heterocycles. The molecule has 2 atom stereocenters. The lowest BCUT2D eigenvalue weighted by Gasteiger charge is -2.38. The van der Waals surface area contributed by atoms with Crippen LogP contribution in [0.2, 0.25) is 5.02 Å². The summed E-state index contributed by atoms with van der Waals surface area (Å²) in [6.45, 7) is 4.46. The van der Waals surface area contributed by atoms with Crippen LogP contribution in [0.5, 0.6) is 0 Å². The minimum atomic E-state index is -0.204. The third-order valence-electron chi connectivity index (χ3n) is 4.15. The minimum absolute atomic E-state index is 0.204. The number of nitrogens with two attached hydrogens (primary N) is 1. The topological polar surface area (TPSA) is 49.5 Å². The van der Waals surface area contributed by atoms with Gasteiger partial charge in [-0.15, -0.1) is 0 Å². The van der Waals surface area contributed by atoms with Gasteiger partial charge in [-0.1, -0.05) is 23.7 Å². The molecule has 2 rings (SSSR count). The Morgan fingerprint density at radius 3 is 2.63 bits per heavy atom. The largest absolute Gasteiger partial charge is 0.393 e. The SMILES string of the molecule is CC(O)C1CCN(C(CN)c2cccc(Cl)c2)CC1. The van der Waals surface area contributed by atoms with Gasteiger partial charge in [-0.05, 0) is 56.5 Å². The zero-order valence-electron chi connectivity index (χ0n) is 11.4. The quantitative estimate of drug-likeness (QED) is 0.892. The maximum Gasteiger partial charge on any atom is 0.0541 e. The highest BCUT2D eigenvalue weighted by atomic mass is 35.5. The van der Waals surface area contributed by atoms with Crippen molar-refractivity contribution in [1.29, 1.82) is 0 Å². The van der Waals surface area contributed by atoms with Crippen molar-refractivity contribution in [2.24, 2.45) is 11.7 Å². The third-order valence-corrected chi connectivity index (χ3v) is 4.39. The number of hydrogen-bond acceptors (Lipinski definition) is 3. The summed E-state index contributed by atoms with van der Waals surface area (Å²) in [5.41, 5.74) is 7.13. The van der Waals surface area contributed by atoms with Crippen molar-refractivity contribution in [3.8, 4) is 0 Å². The van der Waals surface area contributed by atoms with Crippen LogP contribution in [0.1, 0.15) is 31.4 Å². The first-order valence-corrected chi connectivity index (χ1v) is 7.37. The second-order valence-electron chi connectivity index (χ2n) is 5.42. The Morgan fingerprint density at radius 1 is 1.42 bits per heavy atom. The molecule has 0 saturated carbocycles. The number of aliphatic hydroxyl groups is 1. The lowest BCUT2D eigenvalue weighted by Crippen LogP contribution is -2.41. The Kier molecular flexibility index (Phi) is 5.22. The van der Waals surface area contributed by atoms with E-state index < -0.39 is 0 Å². The van der Waals surface area contributed by atoms with E-state index in [1.807, 2.05) is 25.1 Å². The number of benzene rings is 1. The van der Waals surface area contributed by atoms with Crippen LogP contribution < -0.4 is 5.73 Å². The van der Waals surface area contributed by atoms with E-state index in [2.05, 4.69) is 11.0 Å². The molecule has 1 aromatic carbocycles. The van der Waals surface area contributed by atoms with Crippen LogP contribution in [-0.4, -0.2) is 35.7 Å². The molecule has 0 aliphatic carbocycles. The number of aliphatic hydroxyl groups excluding tert-OH is 1. The van der Waals surface area contributed by atoms with Crippen LogP contribution in [0.25, 0.3) is 0 Å². The highest BCUT2D eigenvalue weighted by molar-refractivity contribution is 6.30. The van der Waals surface area contributed by atoms with Crippen LogP contribution in [0.3, 0.4) is 0 Å². The summed E-state index contributed by atoms with van der Waals surface area (Å²) in [7, 11) is 0. The van der Waals surface area contributed by atoms with E-state index in [9.17, 15) is 5.11 Å². The van der Waals surface area contributed by atoms with Gasteiger partial charge in [0, 0.05) is 17.6 Å². The molecule has 3 N–H and O–H groups in total. The summed E-state index contributed by atoms with van der Waals surface area (Å²) in [6, 6.07) is 8.18. The maximum absolute atomic E-state index is 9.65. The summed E-state index contributed by atoms with van der Waals surface area (Å²) in [5, 5.41) is 10.4. The molecule has 1 aromatic rings. The Morgan fingerprint density at radius 2 is 2.11 bits per heavy atom.